The fourth-order valence-electron chi connectivity index (χ4n) is 2.17. The molecular formula is C12H22ClN3S. The molecule has 1 aromatic heterocycles. The molecule has 3 nitrogen and oxygen atoms in total. The van der Waals surface area contributed by atoms with Crippen LogP contribution < -0.4 is 5.73 Å². The number of aromatic nitrogens is 1. The number of hydrogen-bond donors (Lipinski definition) is 1. The zero-order chi connectivity index (χ0) is 11.5. The molecule has 1 aliphatic heterocycles. The Morgan fingerprint density at radius 3 is 2.94 bits per heavy atom. The summed E-state index contributed by atoms with van der Waals surface area (Å²) in [6.07, 6.45) is 4.23. The number of nitrogens with zero attached hydrogens (tertiary/aromatic N) is 2. The molecular weight excluding hydrogens is 254 g/mol. The minimum atomic E-state index is 0. The number of rotatable bonds is 3. The van der Waals surface area contributed by atoms with E-state index in [1.165, 1.54) is 9.88 Å². The molecule has 1 aromatic rings. The summed E-state index contributed by atoms with van der Waals surface area (Å²) in [5.74, 6) is 0.611. The first-order valence-electron chi connectivity index (χ1n) is 6.10. The second-order valence-electron chi connectivity index (χ2n) is 4.74. The summed E-state index contributed by atoms with van der Waals surface area (Å²) in [5.41, 5.74) is 6.02. The van der Waals surface area contributed by atoms with Gasteiger partial charge in [0.15, 0.2) is 0 Å². The second-order valence-corrected chi connectivity index (χ2v) is 5.94. The first-order chi connectivity index (χ1) is 7.69. The van der Waals surface area contributed by atoms with Gasteiger partial charge >= 0.3 is 0 Å². The van der Waals surface area contributed by atoms with Gasteiger partial charge in [-0.3, -0.25) is 4.90 Å². The molecule has 2 unspecified atom stereocenters. The molecule has 17 heavy (non-hydrogen) atoms. The molecule has 0 amide bonds. The van der Waals surface area contributed by atoms with Gasteiger partial charge in [0.25, 0.3) is 0 Å². The fourth-order valence-corrected chi connectivity index (χ4v) is 3.07. The normalized spacial score (nSPS) is 25.6. The number of hydrogen-bond acceptors (Lipinski definition) is 4. The number of thiazole rings is 1. The van der Waals surface area contributed by atoms with E-state index in [0.717, 1.165) is 32.5 Å². The zero-order valence-corrected chi connectivity index (χ0v) is 12.2. The summed E-state index contributed by atoms with van der Waals surface area (Å²) < 4.78 is 0. The molecule has 1 saturated heterocycles. The minimum absolute atomic E-state index is 0. The van der Waals surface area contributed by atoms with Gasteiger partial charge in [0.2, 0.25) is 0 Å². The van der Waals surface area contributed by atoms with Crippen molar-refractivity contribution in [1.29, 1.82) is 0 Å². The highest BCUT2D eigenvalue weighted by atomic mass is 35.5. The highest BCUT2D eigenvalue weighted by Gasteiger charge is 2.23. The van der Waals surface area contributed by atoms with Gasteiger partial charge in [-0.25, -0.2) is 4.98 Å². The van der Waals surface area contributed by atoms with Gasteiger partial charge in [0, 0.05) is 30.2 Å². The van der Waals surface area contributed by atoms with Crippen LogP contribution in [-0.4, -0.2) is 29.0 Å². The molecule has 2 rings (SSSR count). The monoisotopic (exact) mass is 275 g/mol. The molecule has 0 saturated carbocycles. The molecule has 2 heterocycles. The van der Waals surface area contributed by atoms with E-state index in [-0.39, 0.29) is 12.4 Å². The summed E-state index contributed by atoms with van der Waals surface area (Å²) >= 11 is 1.84. The van der Waals surface area contributed by atoms with Crippen LogP contribution in [0.15, 0.2) is 6.20 Å². The van der Waals surface area contributed by atoms with Crippen molar-refractivity contribution in [2.45, 2.75) is 39.3 Å². The maximum Gasteiger partial charge on any atom is 0.107 e. The van der Waals surface area contributed by atoms with Crippen LogP contribution in [0.2, 0.25) is 0 Å². The number of halogens is 1. The SMILES string of the molecule is CCc1cnc(CN2CCC(N)C(C)C2)s1.Cl. The predicted molar refractivity (Wildman–Crippen MR) is 75.8 cm³/mol. The lowest BCUT2D eigenvalue weighted by Crippen LogP contribution is -2.45. The smallest absolute Gasteiger partial charge is 0.107 e. The van der Waals surface area contributed by atoms with Crippen molar-refractivity contribution in [2.75, 3.05) is 13.1 Å². The van der Waals surface area contributed by atoms with Gasteiger partial charge in [-0.15, -0.1) is 23.7 Å². The fraction of sp³-hybridized carbons (Fsp3) is 0.750. The van der Waals surface area contributed by atoms with Crippen molar-refractivity contribution < 1.29 is 0 Å². The summed E-state index contributed by atoms with van der Waals surface area (Å²) in [7, 11) is 0. The molecule has 0 aliphatic carbocycles. The van der Waals surface area contributed by atoms with Crippen LogP contribution in [0.25, 0.3) is 0 Å². The molecule has 5 heteroatoms. The van der Waals surface area contributed by atoms with Crippen molar-refractivity contribution >= 4 is 23.7 Å². The van der Waals surface area contributed by atoms with Gasteiger partial charge in [0.1, 0.15) is 5.01 Å². The maximum atomic E-state index is 6.02. The van der Waals surface area contributed by atoms with Crippen LogP contribution in [-0.2, 0) is 13.0 Å². The molecule has 1 fully saturated rings. The molecule has 1 aliphatic rings. The molecule has 98 valence electrons. The minimum Gasteiger partial charge on any atom is -0.327 e. The summed E-state index contributed by atoms with van der Waals surface area (Å²) in [5, 5.41) is 1.25. The molecule has 0 bridgehead atoms. The Kier molecular flexibility index (Phi) is 5.86. The average Bonchev–Trinajstić information content (AvgIpc) is 2.71. The van der Waals surface area contributed by atoms with E-state index in [1.807, 2.05) is 17.5 Å². The maximum absolute atomic E-state index is 6.02. The van der Waals surface area contributed by atoms with Crippen molar-refractivity contribution in [2.24, 2.45) is 11.7 Å². The first kappa shape index (κ1) is 14.9. The van der Waals surface area contributed by atoms with E-state index < -0.39 is 0 Å². The van der Waals surface area contributed by atoms with Crippen LogP contribution in [0.1, 0.15) is 30.2 Å². The molecule has 0 aromatic carbocycles. The quantitative estimate of drug-likeness (QED) is 0.920. The van der Waals surface area contributed by atoms with E-state index in [1.54, 1.807) is 0 Å². The Balaban J connectivity index is 0.00000144. The Hall–Kier alpha value is -0.160. The molecule has 2 atom stereocenters. The van der Waals surface area contributed by atoms with Gasteiger partial charge in [-0.05, 0) is 18.8 Å². The standard InChI is InChI=1S/C12H21N3S.ClH/c1-3-10-6-14-12(16-10)8-15-5-4-11(13)9(2)7-15;/h6,9,11H,3-5,7-8,13H2,1-2H3;1H. The van der Waals surface area contributed by atoms with Crippen LogP contribution in [0, 0.1) is 5.92 Å². The summed E-state index contributed by atoms with van der Waals surface area (Å²) in [6, 6.07) is 0.388. The Labute approximate surface area is 114 Å². The highest BCUT2D eigenvalue weighted by molar-refractivity contribution is 7.11. The van der Waals surface area contributed by atoms with Gasteiger partial charge in [-0.1, -0.05) is 13.8 Å². The van der Waals surface area contributed by atoms with E-state index >= 15 is 0 Å². The van der Waals surface area contributed by atoms with Crippen LogP contribution >= 0.6 is 23.7 Å². The lowest BCUT2D eigenvalue weighted by atomic mass is 9.95. The average molecular weight is 276 g/mol. The van der Waals surface area contributed by atoms with Gasteiger partial charge in [0.05, 0.1) is 6.54 Å². The van der Waals surface area contributed by atoms with Gasteiger partial charge < -0.3 is 5.73 Å². The van der Waals surface area contributed by atoms with Crippen molar-refractivity contribution in [3.8, 4) is 0 Å². The third-order valence-corrected chi connectivity index (χ3v) is 4.49. The molecule has 0 spiro atoms. The molecule has 0 radical (unpaired) electrons. The largest absolute Gasteiger partial charge is 0.327 e. The Morgan fingerprint density at radius 1 is 1.59 bits per heavy atom. The van der Waals surface area contributed by atoms with E-state index in [4.69, 9.17) is 5.73 Å². The van der Waals surface area contributed by atoms with E-state index in [0.29, 0.717) is 12.0 Å². The Morgan fingerprint density at radius 2 is 2.35 bits per heavy atom. The van der Waals surface area contributed by atoms with E-state index in [9.17, 15) is 0 Å². The third-order valence-electron chi connectivity index (χ3n) is 3.36. The first-order valence-corrected chi connectivity index (χ1v) is 6.92. The van der Waals surface area contributed by atoms with Crippen LogP contribution in [0.3, 0.4) is 0 Å². The molecule has 2 N–H and O–H groups in total. The number of likely N-dealkylation sites (tertiary alicyclic amines) is 1. The van der Waals surface area contributed by atoms with E-state index in [2.05, 4.69) is 23.7 Å². The van der Waals surface area contributed by atoms with Crippen LogP contribution in [0.5, 0.6) is 0 Å². The van der Waals surface area contributed by atoms with Crippen molar-refractivity contribution in [3.63, 3.8) is 0 Å². The van der Waals surface area contributed by atoms with Crippen molar-refractivity contribution in [3.05, 3.63) is 16.1 Å². The lowest BCUT2D eigenvalue weighted by Gasteiger charge is -2.34. The Bertz CT molecular complexity index is 342. The predicted octanol–water partition coefficient (Wildman–Crippen LogP) is 2.30. The third kappa shape index (κ3) is 3.91. The van der Waals surface area contributed by atoms with Crippen molar-refractivity contribution in [1.82, 2.24) is 9.88 Å². The lowest BCUT2D eigenvalue weighted by molar-refractivity contribution is 0.157. The number of nitrogens with two attached hydrogens (primary N) is 1. The highest BCUT2D eigenvalue weighted by Crippen LogP contribution is 2.20. The second kappa shape index (κ2) is 6.69. The topological polar surface area (TPSA) is 42.2 Å². The van der Waals surface area contributed by atoms with Gasteiger partial charge in [-0.2, -0.15) is 0 Å². The number of piperidine rings is 1. The number of aryl methyl sites for hydroxylation is 1. The van der Waals surface area contributed by atoms with Crippen LogP contribution in [0.4, 0.5) is 0 Å². The summed E-state index contributed by atoms with van der Waals surface area (Å²) in [6.45, 7) is 7.66. The summed E-state index contributed by atoms with van der Waals surface area (Å²) in [4.78, 5) is 8.34. The zero-order valence-electron chi connectivity index (χ0n) is 10.6.